The van der Waals surface area contributed by atoms with Crippen LogP contribution in [0.25, 0.3) is 0 Å². The summed E-state index contributed by atoms with van der Waals surface area (Å²) in [7, 11) is -4.30. The molecular formula is C36H39Cl2N3O4S. The number of aryl methyl sites for hydroxylation is 2. The lowest BCUT2D eigenvalue weighted by molar-refractivity contribution is -0.140. The second-order valence-electron chi connectivity index (χ2n) is 11.3. The van der Waals surface area contributed by atoms with Gasteiger partial charge in [-0.15, -0.1) is 0 Å². The predicted octanol–water partition coefficient (Wildman–Crippen LogP) is 7.36. The lowest BCUT2D eigenvalue weighted by Gasteiger charge is -2.34. The van der Waals surface area contributed by atoms with Crippen molar-refractivity contribution in [3.63, 3.8) is 0 Å². The Hall–Kier alpha value is -3.85. The van der Waals surface area contributed by atoms with Crippen molar-refractivity contribution in [2.24, 2.45) is 0 Å². The van der Waals surface area contributed by atoms with E-state index in [9.17, 15) is 18.0 Å². The quantitative estimate of drug-likeness (QED) is 0.141. The van der Waals surface area contributed by atoms with Gasteiger partial charge in [0.15, 0.2) is 0 Å². The van der Waals surface area contributed by atoms with Crippen molar-refractivity contribution < 1.29 is 18.0 Å². The predicted molar refractivity (Wildman–Crippen MR) is 186 cm³/mol. The highest BCUT2D eigenvalue weighted by Gasteiger charge is 2.35. The molecule has 4 aromatic carbocycles. The van der Waals surface area contributed by atoms with E-state index in [2.05, 4.69) is 5.32 Å². The Morgan fingerprint density at radius 3 is 2.17 bits per heavy atom. The highest BCUT2D eigenvalue weighted by molar-refractivity contribution is 7.92. The fraction of sp³-hybridized carbons (Fsp3) is 0.278. The molecule has 0 aromatic heterocycles. The van der Waals surface area contributed by atoms with Crippen molar-refractivity contribution in [3.05, 3.63) is 129 Å². The Balaban J connectivity index is 1.82. The molecule has 46 heavy (non-hydrogen) atoms. The first kappa shape index (κ1) is 35.0. The Morgan fingerprint density at radius 1 is 0.826 bits per heavy atom. The Morgan fingerprint density at radius 2 is 1.50 bits per heavy atom. The van der Waals surface area contributed by atoms with Crippen LogP contribution in [0.2, 0.25) is 10.0 Å². The first-order chi connectivity index (χ1) is 22.0. The van der Waals surface area contributed by atoms with Crippen molar-refractivity contribution in [2.75, 3.05) is 17.4 Å². The minimum Gasteiger partial charge on any atom is -0.354 e. The first-order valence-electron chi connectivity index (χ1n) is 15.2. The van der Waals surface area contributed by atoms with Crippen LogP contribution in [0.3, 0.4) is 0 Å². The fourth-order valence-electron chi connectivity index (χ4n) is 5.10. The number of hydrogen-bond acceptors (Lipinski definition) is 4. The molecule has 0 unspecified atom stereocenters. The van der Waals surface area contributed by atoms with E-state index in [1.807, 2.05) is 75.4 Å². The second kappa shape index (κ2) is 16.1. The van der Waals surface area contributed by atoms with Crippen LogP contribution in [-0.4, -0.2) is 44.3 Å². The van der Waals surface area contributed by atoms with Crippen LogP contribution in [0.1, 0.15) is 42.0 Å². The molecule has 0 aliphatic heterocycles. The summed E-state index contributed by atoms with van der Waals surface area (Å²) >= 11 is 12.9. The molecule has 0 bridgehead atoms. The molecule has 0 saturated heterocycles. The van der Waals surface area contributed by atoms with Crippen molar-refractivity contribution in [3.8, 4) is 0 Å². The van der Waals surface area contributed by atoms with Gasteiger partial charge < -0.3 is 10.2 Å². The molecular weight excluding hydrogens is 641 g/mol. The molecule has 0 aliphatic rings. The monoisotopic (exact) mass is 679 g/mol. The molecule has 1 atom stereocenters. The van der Waals surface area contributed by atoms with Gasteiger partial charge in [-0.25, -0.2) is 8.42 Å². The largest absolute Gasteiger partial charge is 0.354 e. The van der Waals surface area contributed by atoms with Gasteiger partial charge in [0.2, 0.25) is 11.8 Å². The van der Waals surface area contributed by atoms with Crippen LogP contribution >= 0.6 is 23.2 Å². The average molecular weight is 681 g/mol. The number of nitrogens with zero attached hydrogens (tertiary/aromatic N) is 2. The SMILES string of the molecule is CCCCNC(=O)[C@H](Cc1ccccc1)N(Cc1cccc(C)c1)C(=O)CN(c1cccc(Cl)c1Cl)S(=O)(=O)c1ccc(C)cc1. The molecule has 4 aromatic rings. The van der Waals surface area contributed by atoms with Gasteiger partial charge in [0.25, 0.3) is 10.0 Å². The number of benzene rings is 4. The molecule has 0 fully saturated rings. The third kappa shape index (κ3) is 8.90. The van der Waals surface area contributed by atoms with Gasteiger partial charge >= 0.3 is 0 Å². The van der Waals surface area contributed by atoms with Gasteiger partial charge in [-0.3, -0.25) is 13.9 Å². The van der Waals surface area contributed by atoms with Crippen LogP contribution < -0.4 is 9.62 Å². The smallest absolute Gasteiger partial charge is 0.264 e. The summed E-state index contributed by atoms with van der Waals surface area (Å²) in [4.78, 5) is 29.9. The summed E-state index contributed by atoms with van der Waals surface area (Å²) in [6, 6.07) is 27.2. The van der Waals surface area contributed by atoms with Gasteiger partial charge in [0.1, 0.15) is 12.6 Å². The van der Waals surface area contributed by atoms with E-state index in [4.69, 9.17) is 23.2 Å². The standard InChI is InChI=1S/C36H39Cl2N3O4S/c1-4-5-21-39-36(43)33(23-28-12-7-6-8-13-28)40(24-29-14-9-11-27(3)22-29)34(42)25-41(32-16-10-15-31(37)35(32)38)46(44,45)30-19-17-26(2)18-20-30/h6-20,22,33H,4-5,21,23-25H2,1-3H3,(H,39,43)/t33-/m0/s1. The van der Waals surface area contributed by atoms with E-state index < -0.39 is 28.5 Å². The van der Waals surface area contributed by atoms with Gasteiger partial charge in [-0.05, 0) is 55.7 Å². The van der Waals surface area contributed by atoms with E-state index in [1.54, 1.807) is 24.3 Å². The van der Waals surface area contributed by atoms with Crippen LogP contribution in [0, 0.1) is 13.8 Å². The zero-order valence-electron chi connectivity index (χ0n) is 26.2. The van der Waals surface area contributed by atoms with Gasteiger partial charge in [-0.1, -0.05) is 120 Å². The number of amides is 2. The summed E-state index contributed by atoms with van der Waals surface area (Å²) in [5.41, 5.74) is 3.60. The van der Waals surface area contributed by atoms with E-state index in [-0.39, 0.29) is 39.5 Å². The molecule has 0 radical (unpaired) electrons. The fourth-order valence-corrected chi connectivity index (χ4v) is 6.98. The molecule has 2 amide bonds. The molecule has 4 rings (SSSR count). The zero-order chi connectivity index (χ0) is 33.3. The maximum atomic E-state index is 14.6. The second-order valence-corrected chi connectivity index (χ2v) is 13.9. The van der Waals surface area contributed by atoms with E-state index >= 15 is 0 Å². The molecule has 7 nitrogen and oxygen atoms in total. The van der Waals surface area contributed by atoms with Gasteiger partial charge in [0.05, 0.1) is 20.6 Å². The zero-order valence-corrected chi connectivity index (χ0v) is 28.6. The maximum absolute atomic E-state index is 14.6. The lowest BCUT2D eigenvalue weighted by Crippen LogP contribution is -2.53. The van der Waals surface area contributed by atoms with Crippen molar-refractivity contribution >= 4 is 50.7 Å². The number of nitrogens with one attached hydrogen (secondary N) is 1. The number of sulfonamides is 1. The summed E-state index contributed by atoms with van der Waals surface area (Å²) in [6.45, 7) is 5.76. The molecule has 0 spiro atoms. The Bertz CT molecular complexity index is 1750. The van der Waals surface area contributed by atoms with Crippen LogP contribution in [-0.2, 0) is 32.6 Å². The normalized spacial score (nSPS) is 11.9. The van der Waals surface area contributed by atoms with Crippen LogP contribution in [0.4, 0.5) is 5.69 Å². The Labute approximate surface area is 282 Å². The van der Waals surface area contributed by atoms with E-state index in [1.165, 1.54) is 23.1 Å². The molecule has 10 heteroatoms. The number of carbonyl (C=O) groups is 2. The Kier molecular flexibility index (Phi) is 12.3. The minimum atomic E-state index is -4.30. The highest BCUT2D eigenvalue weighted by Crippen LogP contribution is 2.35. The van der Waals surface area contributed by atoms with Crippen LogP contribution in [0.5, 0.6) is 0 Å². The number of hydrogen-bond donors (Lipinski definition) is 1. The van der Waals surface area contributed by atoms with Crippen molar-refractivity contribution in [1.82, 2.24) is 10.2 Å². The highest BCUT2D eigenvalue weighted by atomic mass is 35.5. The van der Waals surface area contributed by atoms with Gasteiger partial charge in [-0.2, -0.15) is 0 Å². The van der Waals surface area contributed by atoms with Crippen molar-refractivity contribution in [2.45, 2.75) is 57.5 Å². The molecule has 0 heterocycles. The van der Waals surface area contributed by atoms with E-state index in [0.29, 0.717) is 6.54 Å². The summed E-state index contributed by atoms with van der Waals surface area (Å²) in [6.07, 6.45) is 1.91. The number of carbonyl (C=O) groups excluding carboxylic acids is 2. The lowest BCUT2D eigenvalue weighted by atomic mass is 10.0. The van der Waals surface area contributed by atoms with Gasteiger partial charge in [0, 0.05) is 19.5 Å². The summed E-state index contributed by atoms with van der Waals surface area (Å²) < 4.78 is 29.4. The first-order valence-corrected chi connectivity index (χ1v) is 17.4. The van der Waals surface area contributed by atoms with Crippen LogP contribution in [0.15, 0.2) is 102 Å². The molecule has 0 aliphatic carbocycles. The molecule has 1 N–H and O–H groups in total. The maximum Gasteiger partial charge on any atom is 0.264 e. The summed E-state index contributed by atoms with van der Waals surface area (Å²) in [5, 5.41) is 3.14. The third-order valence-corrected chi connectivity index (χ3v) is 10.2. The summed E-state index contributed by atoms with van der Waals surface area (Å²) in [5.74, 6) is -0.883. The van der Waals surface area contributed by atoms with E-state index in [0.717, 1.165) is 39.4 Å². The number of unbranched alkanes of at least 4 members (excludes halogenated alkanes) is 1. The minimum absolute atomic E-state index is 0.00367. The number of halogens is 2. The number of rotatable bonds is 14. The molecule has 0 saturated carbocycles. The van der Waals surface area contributed by atoms with Crippen molar-refractivity contribution in [1.29, 1.82) is 0 Å². The molecule has 242 valence electrons. The number of anilines is 1. The average Bonchev–Trinajstić information content (AvgIpc) is 3.03. The third-order valence-electron chi connectivity index (χ3n) is 7.62. The topological polar surface area (TPSA) is 86.8 Å².